The number of carbonyl (C=O) groups is 1. The summed E-state index contributed by atoms with van der Waals surface area (Å²) in [4.78, 5) is 18.6. The Balaban J connectivity index is 1.66. The van der Waals surface area contributed by atoms with Crippen molar-refractivity contribution in [3.63, 3.8) is 0 Å². The SMILES string of the molecule is COc1ccc(N2C(=S)N[C@H](c3ccccn3)[C@@H]2c2cccn2-c2cccc(C)c2)cc1NC(C)=O. The number of rotatable bonds is 6. The van der Waals surface area contributed by atoms with Crippen LogP contribution in [0.3, 0.4) is 0 Å². The largest absolute Gasteiger partial charge is 0.495 e. The molecular weight excluding hydrogens is 470 g/mol. The molecule has 0 aliphatic carbocycles. The number of nitrogens with zero attached hydrogens (tertiary/aromatic N) is 3. The van der Waals surface area contributed by atoms with Gasteiger partial charge in [0.15, 0.2) is 5.11 Å². The van der Waals surface area contributed by atoms with E-state index in [0.717, 1.165) is 22.8 Å². The lowest BCUT2D eigenvalue weighted by Crippen LogP contribution is -2.30. The molecule has 1 aliphatic heterocycles. The van der Waals surface area contributed by atoms with Crippen LogP contribution in [0.1, 0.15) is 36.0 Å². The molecule has 3 heterocycles. The van der Waals surface area contributed by atoms with Crippen LogP contribution in [0.2, 0.25) is 0 Å². The van der Waals surface area contributed by atoms with E-state index in [1.54, 1.807) is 13.3 Å². The van der Waals surface area contributed by atoms with E-state index in [-0.39, 0.29) is 18.0 Å². The van der Waals surface area contributed by atoms with E-state index >= 15 is 0 Å². The number of ether oxygens (including phenoxy) is 1. The lowest BCUT2D eigenvalue weighted by atomic mass is 10.0. The van der Waals surface area contributed by atoms with Crippen molar-refractivity contribution in [2.45, 2.75) is 25.9 Å². The summed E-state index contributed by atoms with van der Waals surface area (Å²) in [6.07, 6.45) is 3.86. The molecule has 8 heteroatoms. The molecule has 0 bridgehead atoms. The first kappa shape index (κ1) is 23.6. The molecule has 5 rings (SSSR count). The molecule has 0 saturated carbocycles. The molecule has 2 atom stereocenters. The highest BCUT2D eigenvalue weighted by Gasteiger charge is 2.42. The predicted octanol–water partition coefficient (Wildman–Crippen LogP) is 5.32. The van der Waals surface area contributed by atoms with Gasteiger partial charge in [0, 0.05) is 36.4 Å². The van der Waals surface area contributed by atoms with Crippen LogP contribution in [0.4, 0.5) is 11.4 Å². The summed E-state index contributed by atoms with van der Waals surface area (Å²) in [6.45, 7) is 3.56. The molecular formula is C28H27N5O2S. The van der Waals surface area contributed by atoms with Crippen LogP contribution in [0.25, 0.3) is 5.69 Å². The number of aryl methyl sites for hydroxylation is 1. The Morgan fingerprint density at radius 3 is 2.64 bits per heavy atom. The van der Waals surface area contributed by atoms with Crippen LogP contribution in [0, 0.1) is 6.92 Å². The topological polar surface area (TPSA) is 71.4 Å². The molecule has 1 aliphatic rings. The minimum atomic E-state index is -0.207. The van der Waals surface area contributed by atoms with Crippen LogP contribution in [-0.2, 0) is 4.79 Å². The van der Waals surface area contributed by atoms with Crippen molar-refractivity contribution in [1.82, 2.24) is 14.9 Å². The monoisotopic (exact) mass is 497 g/mol. The number of carbonyl (C=O) groups excluding carboxylic acids is 1. The fourth-order valence-corrected chi connectivity index (χ4v) is 5.06. The van der Waals surface area contributed by atoms with Gasteiger partial charge in [0.05, 0.1) is 24.5 Å². The Morgan fingerprint density at radius 2 is 1.92 bits per heavy atom. The average molecular weight is 498 g/mol. The van der Waals surface area contributed by atoms with Gasteiger partial charge in [0.25, 0.3) is 0 Å². The van der Waals surface area contributed by atoms with Crippen molar-refractivity contribution < 1.29 is 9.53 Å². The van der Waals surface area contributed by atoms with Gasteiger partial charge in [-0.3, -0.25) is 9.78 Å². The second-order valence-electron chi connectivity index (χ2n) is 8.70. The van der Waals surface area contributed by atoms with Gasteiger partial charge in [-0.1, -0.05) is 18.2 Å². The second-order valence-corrected chi connectivity index (χ2v) is 9.09. The molecule has 7 nitrogen and oxygen atoms in total. The third-order valence-corrected chi connectivity index (χ3v) is 6.55. The molecule has 0 radical (unpaired) electrons. The number of methoxy groups -OCH3 is 1. The van der Waals surface area contributed by atoms with Gasteiger partial charge < -0.3 is 24.8 Å². The smallest absolute Gasteiger partial charge is 0.221 e. The average Bonchev–Trinajstić information content (AvgIpc) is 3.48. The highest BCUT2D eigenvalue weighted by atomic mass is 32.1. The highest BCUT2D eigenvalue weighted by molar-refractivity contribution is 7.80. The van der Waals surface area contributed by atoms with Crippen LogP contribution < -0.4 is 20.3 Å². The first-order chi connectivity index (χ1) is 17.5. The third-order valence-electron chi connectivity index (χ3n) is 6.23. The van der Waals surface area contributed by atoms with E-state index in [1.807, 2.05) is 42.5 Å². The summed E-state index contributed by atoms with van der Waals surface area (Å²) in [5, 5.41) is 6.94. The normalized spacial score (nSPS) is 17.1. The first-order valence-electron chi connectivity index (χ1n) is 11.7. The maximum Gasteiger partial charge on any atom is 0.221 e. The Kier molecular flexibility index (Phi) is 6.43. The lowest BCUT2D eigenvalue weighted by Gasteiger charge is -2.29. The van der Waals surface area contributed by atoms with Gasteiger partial charge in [-0.25, -0.2) is 0 Å². The fraction of sp³-hybridized carbons (Fsp3) is 0.179. The van der Waals surface area contributed by atoms with Gasteiger partial charge in [-0.05, 0) is 79.3 Å². The minimum Gasteiger partial charge on any atom is -0.495 e. The molecule has 1 amide bonds. The zero-order valence-corrected chi connectivity index (χ0v) is 21.1. The molecule has 0 spiro atoms. The minimum absolute atomic E-state index is 0.177. The Morgan fingerprint density at radius 1 is 1.06 bits per heavy atom. The van der Waals surface area contributed by atoms with Crippen LogP contribution in [-0.4, -0.2) is 27.7 Å². The molecule has 1 saturated heterocycles. The quantitative estimate of drug-likeness (QED) is 0.351. The number of aromatic nitrogens is 2. The van der Waals surface area contributed by atoms with Gasteiger partial charge in [-0.2, -0.15) is 0 Å². The van der Waals surface area contributed by atoms with E-state index in [1.165, 1.54) is 12.5 Å². The number of amides is 1. The van der Waals surface area contributed by atoms with E-state index in [2.05, 4.69) is 68.5 Å². The van der Waals surface area contributed by atoms with Crippen LogP contribution in [0.15, 0.2) is 85.2 Å². The zero-order valence-electron chi connectivity index (χ0n) is 20.3. The molecule has 2 aromatic carbocycles. The number of thiocarbonyl (C=S) groups is 1. The third kappa shape index (κ3) is 4.43. The summed E-state index contributed by atoms with van der Waals surface area (Å²) in [7, 11) is 1.58. The van der Waals surface area contributed by atoms with E-state index in [0.29, 0.717) is 16.5 Å². The van der Waals surface area contributed by atoms with Crippen molar-refractivity contribution in [3.8, 4) is 11.4 Å². The number of benzene rings is 2. The molecule has 4 aromatic rings. The molecule has 2 aromatic heterocycles. The van der Waals surface area contributed by atoms with Gasteiger partial charge in [-0.15, -0.1) is 0 Å². The molecule has 36 heavy (non-hydrogen) atoms. The van der Waals surface area contributed by atoms with E-state index in [4.69, 9.17) is 17.0 Å². The number of hydrogen-bond acceptors (Lipinski definition) is 4. The number of pyridine rings is 1. The van der Waals surface area contributed by atoms with Crippen molar-refractivity contribution in [2.75, 3.05) is 17.3 Å². The maximum atomic E-state index is 11.9. The Hall–Kier alpha value is -4.17. The summed E-state index contributed by atoms with van der Waals surface area (Å²) in [6, 6.07) is 23.7. The van der Waals surface area contributed by atoms with Gasteiger partial charge in [0.1, 0.15) is 11.8 Å². The summed E-state index contributed by atoms with van der Waals surface area (Å²) < 4.78 is 7.66. The summed E-state index contributed by atoms with van der Waals surface area (Å²) in [5.74, 6) is 0.400. The number of hydrogen-bond donors (Lipinski definition) is 2. The molecule has 182 valence electrons. The Bertz CT molecular complexity index is 1420. The lowest BCUT2D eigenvalue weighted by molar-refractivity contribution is -0.114. The van der Waals surface area contributed by atoms with Crippen molar-refractivity contribution in [3.05, 3.63) is 102 Å². The highest BCUT2D eigenvalue weighted by Crippen LogP contribution is 2.43. The van der Waals surface area contributed by atoms with Crippen molar-refractivity contribution >= 4 is 34.6 Å². The molecule has 1 fully saturated rings. The van der Waals surface area contributed by atoms with Gasteiger partial charge in [0.2, 0.25) is 5.91 Å². The predicted molar refractivity (Wildman–Crippen MR) is 146 cm³/mol. The summed E-state index contributed by atoms with van der Waals surface area (Å²) >= 11 is 5.88. The Labute approximate surface area is 215 Å². The standard InChI is InChI=1S/C28H27N5O2S/c1-18-8-6-9-20(16-18)32-15-7-11-24(32)27-26(22-10-4-5-14-29-22)31-28(36)33(27)21-12-13-25(35-3)23(17-21)30-19(2)34/h4-17,26-27H,1-3H3,(H,30,34)(H,31,36)/t26-,27+/m1/s1. The fourth-order valence-electron chi connectivity index (χ4n) is 4.71. The summed E-state index contributed by atoms with van der Waals surface area (Å²) in [5.41, 5.74) is 5.61. The zero-order chi connectivity index (χ0) is 25.2. The van der Waals surface area contributed by atoms with Crippen molar-refractivity contribution in [1.29, 1.82) is 0 Å². The number of anilines is 2. The first-order valence-corrected chi connectivity index (χ1v) is 12.1. The van der Waals surface area contributed by atoms with Gasteiger partial charge >= 0.3 is 0 Å². The van der Waals surface area contributed by atoms with Crippen LogP contribution >= 0.6 is 12.2 Å². The molecule has 0 unspecified atom stereocenters. The maximum absolute atomic E-state index is 11.9. The van der Waals surface area contributed by atoms with Crippen molar-refractivity contribution in [2.24, 2.45) is 0 Å². The second kappa shape index (κ2) is 9.83. The molecule has 2 N–H and O–H groups in total. The number of nitrogens with one attached hydrogen (secondary N) is 2. The van der Waals surface area contributed by atoms with E-state index in [9.17, 15) is 4.79 Å². The van der Waals surface area contributed by atoms with Crippen LogP contribution in [0.5, 0.6) is 5.75 Å². The van der Waals surface area contributed by atoms with E-state index < -0.39 is 0 Å².